The molecule has 1 atom stereocenters. The first-order chi connectivity index (χ1) is 33.5. The minimum atomic E-state index is -0.797. The predicted octanol–water partition coefficient (Wildman–Crippen LogP) is 18.9. The number of unbranched alkanes of at least 4 members (excludes halogenated alkanes) is 29. The topological polar surface area (TPSA) is 78.9 Å². The third-order valence-electron chi connectivity index (χ3n) is 12.0. The van der Waals surface area contributed by atoms with Gasteiger partial charge in [0.05, 0.1) is 0 Å². The van der Waals surface area contributed by atoms with E-state index >= 15 is 0 Å². The highest BCUT2D eigenvalue weighted by Gasteiger charge is 2.19. The van der Waals surface area contributed by atoms with E-state index in [0.29, 0.717) is 19.3 Å². The van der Waals surface area contributed by atoms with Crippen LogP contribution in [0.4, 0.5) is 0 Å². The number of hydrogen-bond acceptors (Lipinski definition) is 6. The van der Waals surface area contributed by atoms with Crippen LogP contribution in [-0.4, -0.2) is 37.2 Å². The second-order valence-electron chi connectivity index (χ2n) is 18.7. The molecule has 6 nitrogen and oxygen atoms in total. The Bertz CT molecular complexity index is 1360. The van der Waals surface area contributed by atoms with Crippen molar-refractivity contribution in [2.45, 2.75) is 264 Å². The fourth-order valence-electron chi connectivity index (χ4n) is 7.76. The summed E-state index contributed by atoms with van der Waals surface area (Å²) < 4.78 is 16.8. The van der Waals surface area contributed by atoms with E-state index in [1.165, 1.54) is 109 Å². The maximum Gasteiger partial charge on any atom is 0.306 e. The van der Waals surface area contributed by atoms with Crippen LogP contribution in [0.2, 0.25) is 0 Å². The molecule has 0 saturated carbocycles. The van der Waals surface area contributed by atoms with E-state index in [4.69, 9.17) is 14.2 Å². The smallest absolute Gasteiger partial charge is 0.306 e. The summed E-state index contributed by atoms with van der Waals surface area (Å²) in [6.07, 6.45) is 73.9. The second kappa shape index (κ2) is 55.9. The van der Waals surface area contributed by atoms with Crippen LogP contribution in [0.5, 0.6) is 0 Å². The van der Waals surface area contributed by atoms with Crippen LogP contribution in [0.1, 0.15) is 258 Å². The lowest BCUT2D eigenvalue weighted by atomic mass is 10.0. The highest BCUT2D eigenvalue weighted by molar-refractivity contribution is 5.71. The van der Waals surface area contributed by atoms with E-state index in [1.54, 1.807) is 0 Å². The summed E-state index contributed by atoms with van der Waals surface area (Å²) >= 11 is 0. The SMILES string of the molecule is CC\C=C/C=C\C=C/C=C\CCCCCCCC(=O)OCC(COC(=O)CCCCCCC\C=C/C=C\C=C/C=C\CCCCC)OC(=O)CCCCCCCCCCCCCCCCCCC. The van der Waals surface area contributed by atoms with Crippen LogP contribution >= 0.6 is 0 Å². The van der Waals surface area contributed by atoms with Crippen molar-refractivity contribution < 1.29 is 28.6 Å². The van der Waals surface area contributed by atoms with Crippen molar-refractivity contribution >= 4 is 17.9 Å². The van der Waals surface area contributed by atoms with Crippen molar-refractivity contribution in [3.8, 4) is 0 Å². The van der Waals surface area contributed by atoms with Crippen molar-refractivity contribution in [1.82, 2.24) is 0 Å². The lowest BCUT2D eigenvalue weighted by Gasteiger charge is -2.18. The average molecular weight is 946 g/mol. The van der Waals surface area contributed by atoms with Crippen LogP contribution < -0.4 is 0 Å². The van der Waals surface area contributed by atoms with E-state index < -0.39 is 6.10 Å². The highest BCUT2D eigenvalue weighted by Crippen LogP contribution is 2.16. The third kappa shape index (κ3) is 53.3. The van der Waals surface area contributed by atoms with Gasteiger partial charge in [0.1, 0.15) is 13.2 Å². The lowest BCUT2D eigenvalue weighted by Crippen LogP contribution is -2.30. The molecule has 0 radical (unpaired) electrons. The van der Waals surface area contributed by atoms with Crippen molar-refractivity contribution in [2.75, 3.05) is 13.2 Å². The molecule has 0 aromatic heterocycles. The Morgan fingerprint density at radius 3 is 0.926 bits per heavy atom. The van der Waals surface area contributed by atoms with Gasteiger partial charge in [-0.3, -0.25) is 14.4 Å². The zero-order valence-corrected chi connectivity index (χ0v) is 44.3. The van der Waals surface area contributed by atoms with Crippen LogP contribution in [0, 0.1) is 0 Å². The van der Waals surface area contributed by atoms with Crippen molar-refractivity contribution in [3.05, 3.63) is 97.2 Å². The van der Waals surface area contributed by atoms with Crippen molar-refractivity contribution in [2.24, 2.45) is 0 Å². The molecule has 0 saturated heterocycles. The first kappa shape index (κ1) is 64.3. The standard InChI is InChI=1S/C62H104O6/c1-4-7-10-13-16-19-22-25-28-30-32-34-37-40-43-46-49-52-55-61(64)67-58-59(57-66-60(63)54-51-48-45-42-39-36-33-27-24-21-18-15-12-9-6-3)68-62(65)56-53-50-47-44-41-38-35-31-29-26-23-20-17-14-11-8-5-2/h9,12,15-16,18-19,21-22,24-25,27-28,30,32-34,59H,4-8,10-11,13-14,17,20,23,26,29,31,35-58H2,1-3H3/b12-9-,18-15-,19-16-,24-21-,25-22-,30-28-,33-27-,34-32-. The molecule has 0 rings (SSSR count). The summed E-state index contributed by atoms with van der Waals surface area (Å²) in [7, 11) is 0. The van der Waals surface area contributed by atoms with Crippen LogP contribution in [-0.2, 0) is 28.6 Å². The Morgan fingerprint density at radius 2 is 0.574 bits per heavy atom. The van der Waals surface area contributed by atoms with Gasteiger partial charge in [0.15, 0.2) is 6.10 Å². The number of carbonyl (C=O) groups is 3. The number of carbonyl (C=O) groups excluding carboxylic acids is 3. The molecule has 68 heavy (non-hydrogen) atoms. The largest absolute Gasteiger partial charge is 0.462 e. The Morgan fingerprint density at radius 1 is 0.309 bits per heavy atom. The first-order valence-electron chi connectivity index (χ1n) is 28.3. The van der Waals surface area contributed by atoms with Gasteiger partial charge in [0.25, 0.3) is 0 Å². The molecule has 0 aliphatic heterocycles. The normalized spacial score (nSPS) is 12.8. The molecule has 0 aliphatic carbocycles. The summed E-state index contributed by atoms with van der Waals surface area (Å²) in [5.74, 6) is -0.935. The number of hydrogen-bond donors (Lipinski definition) is 0. The van der Waals surface area contributed by atoms with Gasteiger partial charge in [-0.2, -0.15) is 0 Å². The lowest BCUT2D eigenvalue weighted by molar-refractivity contribution is -0.167. The monoisotopic (exact) mass is 945 g/mol. The summed E-state index contributed by atoms with van der Waals surface area (Å²) in [5, 5.41) is 0. The van der Waals surface area contributed by atoms with Gasteiger partial charge >= 0.3 is 17.9 Å². The second-order valence-corrected chi connectivity index (χ2v) is 18.7. The molecule has 0 fully saturated rings. The molecule has 6 heteroatoms. The number of esters is 3. The van der Waals surface area contributed by atoms with Crippen molar-refractivity contribution in [3.63, 3.8) is 0 Å². The fraction of sp³-hybridized carbons (Fsp3) is 0.694. The quantitative estimate of drug-likeness (QED) is 0.0262. The van der Waals surface area contributed by atoms with Crippen LogP contribution in [0.15, 0.2) is 97.2 Å². The van der Waals surface area contributed by atoms with E-state index in [-0.39, 0.29) is 31.1 Å². The molecule has 0 aliphatic rings. The highest BCUT2D eigenvalue weighted by atomic mass is 16.6. The van der Waals surface area contributed by atoms with Gasteiger partial charge in [-0.05, 0) is 64.2 Å². The van der Waals surface area contributed by atoms with E-state index in [0.717, 1.165) is 109 Å². The number of rotatable bonds is 50. The molecular formula is C62H104O6. The van der Waals surface area contributed by atoms with E-state index in [1.807, 2.05) is 18.2 Å². The van der Waals surface area contributed by atoms with Crippen LogP contribution in [0.25, 0.3) is 0 Å². The Labute approximate surface area is 419 Å². The Hall–Kier alpha value is -3.67. The Kier molecular flexibility index (Phi) is 52.9. The molecule has 0 aromatic rings. The van der Waals surface area contributed by atoms with Gasteiger partial charge in [0.2, 0.25) is 0 Å². The summed E-state index contributed by atoms with van der Waals surface area (Å²) in [6, 6.07) is 0. The molecule has 1 unspecified atom stereocenters. The first-order valence-corrected chi connectivity index (χ1v) is 28.3. The molecular weight excluding hydrogens is 841 g/mol. The minimum absolute atomic E-state index is 0.0968. The third-order valence-corrected chi connectivity index (χ3v) is 12.0. The molecule has 388 valence electrons. The van der Waals surface area contributed by atoms with Gasteiger partial charge in [0, 0.05) is 19.3 Å². The van der Waals surface area contributed by atoms with Gasteiger partial charge in [-0.1, -0.05) is 272 Å². The maximum absolute atomic E-state index is 12.9. The minimum Gasteiger partial charge on any atom is -0.462 e. The molecule has 0 spiro atoms. The van der Waals surface area contributed by atoms with E-state index in [9.17, 15) is 14.4 Å². The molecule has 0 heterocycles. The maximum atomic E-state index is 12.9. The zero-order chi connectivity index (χ0) is 49.3. The summed E-state index contributed by atoms with van der Waals surface area (Å²) in [6.45, 7) is 6.44. The van der Waals surface area contributed by atoms with Gasteiger partial charge < -0.3 is 14.2 Å². The predicted molar refractivity (Wildman–Crippen MR) is 293 cm³/mol. The molecule has 0 bridgehead atoms. The summed E-state index contributed by atoms with van der Waals surface area (Å²) in [5.41, 5.74) is 0. The fourth-order valence-corrected chi connectivity index (χ4v) is 7.76. The van der Waals surface area contributed by atoms with E-state index in [2.05, 4.69) is 99.8 Å². The number of allylic oxidation sites excluding steroid dienone is 16. The van der Waals surface area contributed by atoms with Crippen LogP contribution in [0.3, 0.4) is 0 Å². The number of ether oxygens (including phenoxy) is 3. The van der Waals surface area contributed by atoms with Gasteiger partial charge in [-0.15, -0.1) is 0 Å². The van der Waals surface area contributed by atoms with Crippen molar-refractivity contribution in [1.29, 1.82) is 0 Å². The Balaban J connectivity index is 4.46. The molecule has 0 N–H and O–H groups in total. The summed E-state index contributed by atoms with van der Waals surface area (Å²) in [4.78, 5) is 38.1. The average Bonchev–Trinajstić information content (AvgIpc) is 3.34. The molecule has 0 amide bonds. The van der Waals surface area contributed by atoms with Gasteiger partial charge in [-0.25, -0.2) is 0 Å². The zero-order valence-electron chi connectivity index (χ0n) is 44.3. The molecule has 0 aromatic carbocycles.